The van der Waals surface area contributed by atoms with Gasteiger partial charge in [0, 0.05) is 18.3 Å². The predicted molar refractivity (Wildman–Crippen MR) is 54.1 cm³/mol. The Morgan fingerprint density at radius 1 is 1.67 bits per heavy atom. The van der Waals surface area contributed by atoms with Gasteiger partial charge in [0.15, 0.2) is 0 Å². The smallest absolute Gasteiger partial charge is 0.296 e. The monoisotopic (exact) mass is 227 g/mol. The van der Waals surface area contributed by atoms with Crippen molar-refractivity contribution in [2.75, 3.05) is 0 Å². The van der Waals surface area contributed by atoms with E-state index in [1.54, 1.807) is 0 Å². The molecule has 78 valence electrons. The number of carbonyl (C=O) groups excluding carboxylic acids is 1. The zero-order valence-corrected chi connectivity index (χ0v) is 8.14. The van der Waals surface area contributed by atoms with E-state index in [2.05, 4.69) is 4.98 Å². The summed E-state index contributed by atoms with van der Waals surface area (Å²) >= 11 is 5.54. The predicted octanol–water partition coefficient (Wildman–Crippen LogP) is 1.14. The van der Waals surface area contributed by atoms with Gasteiger partial charge in [-0.25, -0.2) is 4.98 Å². The number of pyridine rings is 1. The van der Waals surface area contributed by atoms with Crippen molar-refractivity contribution in [3.63, 3.8) is 0 Å². The van der Waals surface area contributed by atoms with Gasteiger partial charge in [-0.15, -0.1) is 0 Å². The van der Waals surface area contributed by atoms with Gasteiger partial charge in [0.05, 0.1) is 9.95 Å². The van der Waals surface area contributed by atoms with E-state index in [0.717, 1.165) is 18.2 Å². The van der Waals surface area contributed by atoms with E-state index in [9.17, 15) is 14.9 Å². The SMILES string of the molecule is NC(=O)C=Cc1ncc(Cl)cc1[N+](=O)[O-]. The Morgan fingerprint density at radius 2 is 2.33 bits per heavy atom. The van der Waals surface area contributed by atoms with Crippen LogP contribution in [0.5, 0.6) is 0 Å². The zero-order chi connectivity index (χ0) is 11.4. The molecular formula is C8H6ClN3O3. The molecule has 0 unspecified atom stereocenters. The number of hydrogen-bond donors (Lipinski definition) is 1. The average Bonchev–Trinajstić information content (AvgIpc) is 2.15. The summed E-state index contributed by atoms with van der Waals surface area (Å²) in [5.41, 5.74) is 4.60. The first-order valence-corrected chi connectivity index (χ1v) is 4.16. The first-order chi connectivity index (χ1) is 7.00. The Balaban J connectivity index is 3.17. The third kappa shape index (κ3) is 3.03. The molecule has 0 aliphatic heterocycles. The summed E-state index contributed by atoms with van der Waals surface area (Å²) in [4.78, 5) is 24.1. The lowest BCUT2D eigenvalue weighted by atomic mass is 10.3. The third-order valence-corrected chi connectivity index (χ3v) is 1.67. The second-order valence-corrected chi connectivity index (χ2v) is 2.99. The summed E-state index contributed by atoms with van der Waals surface area (Å²) in [5, 5.41) is 10.7. The van der Waals surface area contributed by atoms with Gasteiger partial charge in [0.1, 0.15) is 5.69 Å². The van der Waals surface area contributed by atoms with Crippen LogP contribution in [0.4, 0.5) is 5.69 Å². The van der Waals surface area contributed by atoms with Crippen LogP contribution in [0.15, 0.2) is 18.3 Å². The van der Waals surface area contributed by atoms with E-state index in [1.165, 1.54) is 6.20 Å². The summed E-state index contributed by atoms with van der Waals surface area (Å²) in [7, 11) is 0. The minimum absolute atomic E-state index is 0.0307. The van der Waals surface area contributed by atoms with Gasteiger partial charge in [0.2, 0.25) is 5.91 Å². The molecule has 0 bridgehead atoms. The summed E-state index contributed by atoms with van der Waals surface area (Å²) < 4.78 is 0. The maximum Gasteiger partial charge on any atom is 0.296 e. The topological polar surface area (TPSA) is 99.1 Å². The average molecular weight is 228 g/mol. The maximum absolute atomic E-state index is 10.6. The number of halogens is 1. The Labute approximate surface area is 89.5 Å². The van der Waals surface area contributed by atoms with Crippen molar-refractivity contribution in [3.8, 4) is 0 Å². The number of carbonyl (C=O) groups is 1. The van der Waals surface area contributed by atoms with E-state index >= 15 is 0 Å². The molecule has 1 rings (SSSR count). The van der Waals surface area contributed by atoms with Crippen molar-refractivity contribution in [1.82, 2.24) is 4.98 Å². The first-order valence-electron chi connectivity index (χ1n) is 3.78. The molecule has 0 radical (unpaired) electrons. The molecule has 1 aromatic rings. The molecule has 0 saturated heterocycles. The number of aromatic nitrogens is 1. The van der Waals surface area contributed by atoms with Crippen LogP contribution in [-0.4, -0.2) is 15.8 Å². The highest BCUT2D eigenvalue weighted by Crippen LogP contribution is 2.21. The molecule has 0 fully saturated rings. The molecule has 7 heteroatoms. The first kappa shape index (κ1) is 11.1. The standard InChI is InChI=1S/C8H6ClN3O3/c9-5-3-7(12(14)15)6(11-4-5)1-2-8(10)13/h1-4H,(H2,10,13). The molecular weight excluding hydrogens is 222 g/mol. The summed E-state index contributed by atoms with van der Waals surface area (Å²) in [6.07, 6.45) is 3.40. The van der Waals surface area contributed by atoms with E-state index < -0.39 is 10.8 Å². The minimum atomic E-state index is -0.707. The second-order valence-electron chi connectivity index (χ2n) is 2.55. The van der Waals surface area contributed by atoms with E-state index in [-0.39, 0.29) is 16.4 Å². The van der Waals surface area contributed by atoms with Gasteiger partial charge in [-0.2, -0.15) is 0 Å². The fraction of sp³-hybridized carbons (Fsp3) is 0. The quantitative estimate of drug-likeness (QED) is 0.475. The number of rotatable bonds is 3. The Bertz CT molecular complexity index is 445. The normalized spacial score (nSPS) is 10.5. The molecule has 0 saturated carbocycles. The highest BCUT2D eigenvalue weighted by molar-refractivity contribution is 6.30. The van der Waals surface area contributed by atoms with Gasteiger partial charge in [-0.05, 0) is 6.08 Å². The van der Waals surface area contributed by atoms with Crippen LogP contribution in [0.25, 0.3) is 6.08 Å². The molecule has 1 amide bonds. The van der Waals surface area contributed by atoms with E-state index in [0.29, 0.717) is 0 Å². The maximum atomic E-state index is 10.6. The van der Waals surface area contributed by atoms with Crippen molar-refractivity contribution in [2.45, 2.75) is 0 Å². The molecule has 0 aliphatic carbocycles. The number of nitrogens with two attached hydrogens (primary N) is 1. The van der Waals surface area contributed by atoms with E-state index in [4.69, 9.17) is 17.3 Å². The number of primary amides is 1. The minimum Gasteiger partial charge on any atom is -0.366 e. The van der Waals surface area contributed by atoms with Crippen molar-refractivity contribution >= 4 is 29.3 Å². The molecule has 1 heterocycles. The van der Waals surface area contributed by atoms with Gasteiger partial charge in [0.25, 0.3) is 5.69 Å². The van der Waals surface area contributed by atoms with Crippen molar-refractivity contribution in [1.29, 1.82) is 0 Å². The summed E-state index contributed by atoms with van der Waals surface area (Å²) in [6.45, 7) is 0. The molecule has 2 N–H and O–H groups in total. The number of amides is 1. The van der Waals surface area contributed by atoms with Crippen LogP contribution in [0.1, 0.15) is 5.69 Å². The molecule has 0 aromatic carbocycles. The lowest BCUT2D eigenvalue weighted by Gasteiger charge is -1.96. The molecule has 6 nitrogen and oxygen atoms in total. The van der Waals surface area contributed by atoms with Gasteiger partial charge in [-0.3, -0.25) is 14.9 Å². The fourth-order valence-electron chi connectivity index (χ4n) is 0.875. The summed E-state index contributed by atoms with van der Waals surface area (Å²) in [5.74, 6) is -0.707. The Kier molecular flexibility index (Phi) is 3.35. The van der Waals surface area contributed by atoms with Crippen LogP contribution >= 0.6 is 11.6 Å². The lowest BCUT2D eigenvalue weighted by Crippen LogP contribution is -2.05. The van der Waals surface area contributed by atoms with Crippen LogP contribution in [-0.2, 0) is 4.79 Å². The van der Waals surface area contributed by atoms with Gasteiger partial charge in [-0.1, -0.05) is 11.6 Å². The highest BCUT2D eigenvalue weighted by atomic mass is 35.5. The number of nitro groups is 1. The Hall–Kier alpha value is -1.95. The van der Waals surface area contributed by atoms with Crippen LogP contribution in [0, 0.1) is 10.1 Å². The zero-order valence-electron chi connectivity index (χ0n) is 7.38. The molecule has 15 heavy (non-hydrogen) atoms. The summed E-state index contributed by atoms with van der Waals surface area (Å²) in [6, 6.07) is 1.15. The van der Waals surface area contributed by atoms with Crippen molar-refractivity contribution < 1.29 is 9.72 Å². The molecule has 1 aromatic heterocycles. The Morgan fingerprint density at radius 3 is 2.87 bits per heavy atom. The second kappa shape index (κ2) is 4.52. The highest BCUT2D eigenvalue weighted by Gasteiger charge is 2.13. The number of nitrogens with zero attached hydrogens (tertiary/aromatic N) is 2. The van der Waals surface area contributed by atoms with Crippen LogP contribution < -0.4 is 5.73 Å². The fourth-order valence-corrected chi connectivity index (χ4v) is 1.03. The largest absolute Gasteiger partial charge is 0.366 e. The van der Waals surface area contributed by atoms with Crippen LogP contribution in [0.3, 0.4) is 0 Å². The number of hydrogen-bond acceptors (Lipinski definition) is 4. The third-order valence-electron chi connectivity index (χ3n) is 1.47. The van der Waals surface area contributed by atoms with Crippen molar-refractivity contribution in [2.24, 2.45) is 5.73 Å². The molecule has 0 spiro atoms. The van der Waals surface area contributed by atoms with Crippen molar-refractivity contribution in [3.05, 3.63) is 39.2 Å². The van der Waals surface area contributed by atoms with E-state index in [1.807, 2.05) is 0 Å². The van der Waals surface area contributed by atoms with Gasteiger partial charge >= 0.3 is 0 Å². The van der Waals surface area contributed by atoms with Gasteiger partial charge < -0.3 is 5.73 Å². The lowest BCUT2D eigenvalue weighted by molar-refractivity contribution is -0.385. The van der Waals surface area contributed by atoms with Crippen LogP contribution in [0.2, 0.25) is 5.02 Å². The molecule has 0 aliphatic rings. The molecule has 0 atom stereocenters.